The summed E-state index contributed by atoms with van der Waals surface area (Å²) >= 11 is 6.38. The van der Waals surface area contributed by atoms with Crippen molar-refractivity contribution in [2.75, 3.05) is 13.2 Å². The van der Waals surface area contributed by atoms with Crippen LogP contribution in [0.1, 0.15) is 36.7 Å². The van der Waals surface area contributed by atoms with E-state index in [1.54, 1.807) is 6.20 Å². The van der Waals surface area contributed by atoms with Crippen molar-refractivity contribution < 1.29 is 13.9 Å². The third kappa shape index (κ3) is 3.62. The van der Waals surface area contributed by atoms with Gasteiger partial charge in [-0.05, 0) is 25.1 Å². The van der Waals surface area contributed by atoms with Crippen LogP contribution in [0.3, 0.4) is 0 Å². The van der Waals surface area contributed by atoms with Gasteiger partial charge >= 0.3 is 0 Å². The molecule has 0 N–H and O–H groups in total. The normalized spacial score (nSPS) is 25.6. The van der Waals surface area contributed by atoms with E-state index in [0.29, 0.717) is 48.8 Å². The number of aromatic nitrogens is 2. The Labute approximate surface area is 177 Å². The first-order chi connectivity index (χ1) is 13.6. The number of alkyl halides is 1. The maximum Gasteiger partial charge on any atom is 0.271 e. The van der Waals surface area contributed by atoms with E-state index in [4.69, 9.17) is 16.3 Å². The Kier molecular flexibility index (Phi) is 5.07. The van der Waals surface area contributed by atoms with Gasteiger partial charge in [-0.3, -0.25) is 4.79 Å². The van der Waals surface area contributed by atoms with Gasteiger partial charge in [0.25, 0.3) is 5.91 Å². The number of pyridine rings is 1. The summed E-state index contributed by atoms with van der Waals surface area (Å²) in [6.45, 7) is 10.3. The fourth-order valence-corrected chi connectivity index (χ4v) is 5.77. The lowest BCUT2D eigenvalue weighted by Crippen LogP contribution is -2.77. The van der Waals surface area contributed by atoms with Gasteiger partial charge in [0.2, 0.25) is 0 Å². The Balaban J connectivity index is 1.62. The number of carbonyl (C=O) groups is 1. The molecule has 2 aromatic heterocycles. The minimum Gasteiger partial charge on any atom is -0.361 e. The highest BCUT2D eigenvalue weighted by atomic mass is 35.5. The molecule has 0 atom stereocenters. The van der Waals surface area contributed by atoms with Crippen LogP contribution in [0.2, 0.25) is 30.8 Å². The Morgan fingerprint density at radius 2 is 2.07 bits per heavy atom. The maximum atomic E-state index is 14.1. The summed E-state index contributed by atoms with van der Waals surface area (Å²) in [5.74, 6) is -0.0877. The molecule has 158 valence electrons. The lowest BCUT2D eigenvalue weighted by Gasteiger charge is -2.69. The second kappa shape index (κ2) is 7.06. The summed E-state index contributed by atoms with van der Waals surface area (Å²) in [7, 11) is -1.21. The Morgan fingerprint density at radius 3 is 2.66 bits per heavy atom. The molecule has 0 aromatic carbocycles. The van der Waals surface area contributed by atoms with E-state index in [-0.39, 0.29) is 18.2 Å². The first-order valence-electron chi connectivity index (χ1n) is 10.3. The average molecular weight is 438 g/mol. The molecule has 0 saturated heterocycles. The second-order valence-electron chi connectivity index (χ2n) is 9.80. The monoisotopic (exact) mass is 437 g/mol. The van der Waals surface area contributed by atoms with Crippen LogP contribution in [-0.4, -0.2) is 52.8 Å². The van der Waals surface area contributed by atoms with Gasteiger partial charge < -0.3 is 14.2 Å². The number of hydrogen-bond donors (Lipinski definition) is 0. The molecule has 5 nitrogen and oxygen atoms in total. The zero-order valence-electron chi connectivity index (χ0n) is 17.6. The van der Waals surface area contributed by atoms with E-state index in [2.05, 4.69) is 24.6 Å². The number of halogens is 2. The van der Waals surface area contributed by atoms with E-state index in [9.17, 15) is 9.18 Å². The smallest absolute Gasteiger partial charge is 0.271 e. The van der Waals surface area contributed by atoms with Crippen LogP contribution in [0, 0.1) is 0 Å². The van der Waals surface area contributed by atoms with Gasteiger partial charge in [0.1, 0.15) is 18.1 Å². The minimum absolute atomic E-state index is 0.0877. The highest BCUT2D eigenvalue weighted by Crippen LogP contribution is 2.66. The van der Waals surface area contributed by atoms with Crippen molar-refractivity contribution in [3.05, 3.63) is 29.2 Å². The first-order valence-corrected chi connectivity index (χ1v) is 14.4. The fourth-order valence-electron chi connectivity index (χ4n) is 4.75. The summed E-state index contributed by atoms with van der Waals surface area (Å²) in [6.07, 6.45) is 3.00. The third-order valence-electron chi connectivity index (χ3n) is 6.27. The van der Waals surface area contributed by atoms with Crippen molar-refractivity contribution in [2.45, 2.75) is 69.8 Å². The number of amides is 1. The standard InChI is InChI=1S/C21H29ClFN3O2Si/c1-5-26(21-11-20(23,12-21)13-21)19(27)16-10-15-6-7-24-18(22)17(15)25(16)14-28-8-9-29(2,3)4/h6-7,10H,5,8-9,11-14H2,1-4H3. The Hall–Kier alpha value is -1.44. The number of fused-ring (bicyclic) bond motifs is 1. The van der Waals surface area contributed by atoms with Gasteiger partial charge in [-0.25, -0.2) is 9.37 Å². The predicted molar refractivity (Wildman–Crippen MR) is 116 cm³/mol. The SMILES string of the molecule is CCN(C(=O)c1cc2ccnc(Cl)c2n1COCC[Si](C)(C)C)C12CC(F)(C1)C2. The minimum atomic E-state index is -1.21. The summed E-state index contributed by atoms with van der Waals surface area (Å²) in [5.41, 5.74) is -0.126. The topological polar surface area (TPSA) is 47.4 Å². The van der Waals surface area contributed by atoms with Crippen LogP contribution in [0.15, 0.2) is 18.3 Å². The zero-order chi connectivity index (χ0) is 21.0. The molecule has 2 aromatic rings. The van der Waals surface area contributed by atoms with Gasteiger partial charge in [0.05, 0.1) is 11.1 Å². The van der Waals surface area contributed by atoms with Crippen molar-refractivity contribution in [1.29, 1.82) is 0 Å². The van der Waals surface area contributed by atoms with Crippen molar-refractivity contribution in [1.82, 2.24) is 14.5 Å². The Morgan fingerprint density at radius 1 is 1.38 bits per heavy atom. The van der Waals surface area contributed by atoms with E-state index >= 15 is 0 Å². The van der Waals surface area contributed by atoms with Gasteiger partial charge in [-0.1, -0.05) is 31.2 Å². The molecule has 1 amide bonds. The molecule has 3 aliphatic rings. The van der Waals surface area contributed by atoms with E-state index in [1.807, 2.05) is 28.5 Å². The van der Waals surface area contributed by atoms with E-state index < -0.39 is 13.7 Å². The number of carbonyl (C=O) groups excluding carboxylic acids is 1. The summed E-state index contributed by atoms with van der Waals surface area (Å²) in [6, 6.07) is 4.75. The predicted octanol–water partition coefficient (Wildman–Crippen LogP) is 5.11. The molecule has 0 unspecified atom stereocenters. The zero-order valence-corrected chi connectivity index (χ0v) is 19.4. The molecule has 3 saturated carbocycles. The van der Waals surface area contributed by atoms with E-state index in [0.717, 1.165) is 11.4 Å². The van der Waals surface area contributed by atoms with Gasteiger partial charge in [0, 0.05) is 52.1 Å². The van der Waals surface area contributed by atoms with Crippen LogP contribution in [0.4, 0.5) is 4.39 Å². The van der Waals surface area contributed by atoms with Gasteiger partial charge in [-0.15, -0.1) is 0 Å². The second-order valence-corrected chi connectivity index (χ2v) is 15.8. The molecule has 0 spiro atoms. The number of ether oxygens (including phenoxy) is 1. The summed E-state index contributed by atoms with van der Waals surface area (Å²) in [5, 5.41) is 1.21. The third-order valence-corrected chi connectivity index (χ3v) is 8.25. The highest BCUT2D eigenvalue weighted by Gasteiger charge is 2.72. The summed E-state index contributed by atoms with van der Waals surface area (Å²) in [4.78, 5) is 19.5. The lowest BCUT2D eigenvalue weighted by molar-refractivity contribution is -0.211. The van der Waals surface area contributed by atoms with E-state index in [1.165, 1.54) is 0 Å². The Bertz CT molecular complexity index is 936. The average Bonchev–Trinajstić information content (AvgIpc) is 2.96. The van der Waals surface area contributed by atoms with Gasteiger partial charge in [0.15, 0.2) is 5.15 Å². The molecule has 5 rings (SSSR count). The molecule has 3 fully saturated rings. The maximum absolute atomic E-state index is 14.1. The van der Waals surface area contributed by atoms with Crippen LogP contribution >= 0.6 is 11.6 Å². The van der Waals surface area contributed by atoms with Crippen LogP contribution in [0.5, 0.6) is 0 Å². The molecule has 0 aliphatic heterocycles. The molecule has 3 aliphatic carbocycles. The quantitative estimate of drug-likeness (QED) is 0.327. The molecule has 0 radical (unpaired) electrons. The van der Waals surface area contributed by atoms with Crippen molar-refractivity contribution in [2.24, 2.45) is 0 Å². The number of nitrogens with zero attached hydrogens (tertiary/aromatic N) is 3. The molecule has 2 heterocycles. The molecule has 2 bridgehead atoms. The number of rotatable bonds is 8. The fraction of sp³-hybridized carbons (Fsp3) is 0.619. The van der Waals surface area contributed by atoms with Crippen molar-refractivity contribution in [3.63, 3.8) is 0 Å². The molecule has 29 heavy (non-hydrogen) atoms. The lowest BCUT2D eigenvalue weighted by atomic mass is 9.46. The summed E-state index contributed by atoms with van der Waals surface area (Å²) < 4.78 is 21.9. The first kappa shape index (κ1) is 20.8. The molecular weight excluding hydrogens is 409 g/mol. The van der Waals surface area contributed by atoms with Crippen molar-refractivity contribution in [3.8, 4) is 0 Å². The van der Waals surface area contributed by atoms with Gasteiger partial charge in [-0.2, -0.15) is 0 Å². The van der Waals surface area contributed by atoms with Crippen LogP contribution in [-0.2, 0) is 11.5 Å². The van der Waals surface area contributed by atoms with Crippen LogP contribution < -0.4 is 0 Å². The largest absolute Gasteiger partial charge is 0.361 e. The molecular formula is C21H29ClFN3O2Si. The molecule has 8 heteroatoms. The van der Waals surface area contributed by atoms with Crippen molar-refractivity contribution >= 4 is 36.5 Å². The van der Waals surface area contributed by atoms with Crippen LogP contribution in [0.25, 0.3) is 10.9 Å². The number of hydrogen-bond acceptors (Lipinski definition) is 3. The highest BCUT2D eigenvalue weighted by molar-refractivity contribution is 6.76.